The normalized spacial score (nSPS) is 10.6. The van der Waals surface area contributed by atoms with Crippen molar-refractivity contribution in [2.45, 2.75) is 17.8 Å². The Kier molecular flexibility index (Phi) is 4.28. The number of aryl methyl sites for hydroxylation is 2. The number of nitrogens with one attached hydrogen (secondary N) is 1. The van der Waals surface area contributed by atoms with E-state index in [1.165, 1.54) is 0 Å². The summed E-state index contributed by atoms with van der Waals surface area (Å²) in [4.78, 5) is 15.5. The highest BCUT2D eigenvalue weighted by atomic mass is 32.2. The Hall–Kier alpha value is -1.45. The largest absolute Gasteiger partial charge is 0.289 e. The molecular formula is C9H12N6OS2. The van der Waals surface area contributed by atoms with E-state index in [0.717, 1.165) is 15.8 Å². The van der Waals surface area contributed by atoms with E-state index in [2.05, 4.69) is 15.3 Å². The van der Waals surface area contributed by atoms with Crippen LogP contribution in [0.4, 0.5) is 0 Å². The Morgan fingerprint density at radius 2 is 2.50 bits per heavy atom. The van der Waals surface area contributed by atoms with E-state index in [9.17, 15) is 4.79 Å². The Morgan fingerprint density at radius 3 is 3.17 bits per heavy atom. The molecule has 0 aliphatic heterocycles. The lowest BCUT2D eigenvalue weighted by molar-refractivity contribution is 0.0948. The minimum absolute atomic E-state index is 0.215. The number of amides is 1. The van der Waals surface area contributed by atoms with E-state index in [4.69, 9.17) is 5.84 Å². The van der Waals surface area contributed by atoms with Gasteiger partial charge in [-0.1, -0.05) is 17.0 Å². The second-order valence-corrected chi connectivity index (χ2v) is 5.64. The van der Waals surface area contributed by atoms with Gasteiger partial charge in [0.15, 0.2) is 5.69 Å². The number of nitrogens with two attached hydrogens (primary N) is 1. The van der Waals surface area contributed by atoms with Gasteiger partial charge < -0.3 is 0 Å². The second-order valence-electron chi connectivity index (χ2n) is 3.44. The van der Waals surface area contributed by atoms with Gasteiger partial charge in [-0.3, -0.25) is 14.9 Å². The van der Waals surface area contributed by atoms with Crippen molar-refractivity contribution in [2.75, 3.05) is 5.75 Å². The standard InChI is InChI=1S/C9H12N6OS2/c1-6-5-18-9(11-6)17-3-2-15-4-7(13-14-15)8(16)12-10/h4-5H,2-3,10H2,1H3,(H,12,16). The molecule has 0 saturated heterocycles. The molecule has 0 aliphatic rings. The molecule has 9 heteroatoms. The van der Waals surface area contributed by atoms with E-state index >= 15 is 0 Å². The molecule has 0 aromatic carbocycles. The third-order valence-electron chi connectivity index (χ3n) is 2.05. The van der Waals surface area contributed by atoms with Gasteiger partial charge in [-0.15, -0.1) is 16.4 Å². The smallest absolute Gasteiger partial charge is 0.287 e. The molecule has 96 valence electrons. The second kappa shape index (κ2) is 5.94. The van der Waals surface area contributed by atoms with Crippen LogP contribution < -0.4 is 11.3 Å². The van der Waals surface area contributed by atoms with E-state index in [1.54, 1.807) is 34.0 Å². The van der Waals surface area contributed by atoms with Crippen LogP contribution in [0.5, 0.6) is 0 Å². The molecule has 2 rings (SSSR count). The third-order valence-corrected chi connectivity index (χ3v) is 4.17. The topological polar surface area (TPSA) is 98.7 Å². The monoisotopic (exact) mass is 284 g/mol. The van der Waals surface area contributed by atoms with Crippen molar-refractivity contribution in [1.29, 1.82) is 0 Å². The molecule has 3 N–H and O–H groups in total. The van der Waals surface area contributed by atoms with Crippen LogP contribution in [0.1, 0.15) is 16.2 Å². The van der Waals surface area contributed by atoms with Crippen molar-refractivity contribution >= 4 is 29.0 Å². The number of hydrogen-bond donors (Lipinski definition) is 2. The molecule has 0 saturated carbocycles. The SMILES string of the molecule is Cc1csc(SCCn2cc(C(=O)NN)nn2)n1. The average molecular weight is 284 g/mol. The number of hydrazine groups is 1. The zero-order chi connectivity index (χ0) is 13.0. The Morgan fingerprint density at radius 1 is 1.67 bits per heavy atom. The van der Waals surface area contributed by atoms with Crippen molar-refractivity contribution in [3.8, 4) is 0 Å². The van der Waals surface area contributed by atoms with Crippen LogP contribution >= 0.6 is 23.1 Å². The first-order valence-corrected chi connectivity index (χ1v) is 7.01. The minimum atomic E-state index is -0.440. The van der Waals surface area contributed by atoms with Crippen LogP contribution in [0.25, 0.3) is 0 Å². The van der Waals surface area contributed by atoms with Crippen LogP contribution in [0.2, 0.25) is 0 Å². The van der Waals surface area contributed by atoms with E-state index in [0.29, 0.717) is 6.54 Å². The highest BCUT2D eigenvalue weighted by molar-refractivity contribution is 8.00. The molecule has 0 aliphatic carbocycles. The molecule has 0 fully saturated rings. The molecular weight excluding hydrogens is 272 g/mol. The molecule has 0 radical (unpaired) electrons. The molecule has 0 spiro atoms. The zero-order valence-electron chi connectivity index (χ0n) is 9.66. The Balaban J connectivity index is 1.83. The summed E-state index contributed by atoms with van der Waals surface area (Å²) in [6.45, 7) is 2.63. The number of rotatable bonds is 5. The van der Waals surface area contributed by atoms with Gasteiger partial charge in [0.1, 0.15) is 4.34 Å². The molecule has 7 nitrogen and oxygen atoms in total. The summed E-state index contributed by atoms with van der Waals surface area (Å²) in [6.07, 6.45) is 1.57. The maximum absolute atomic E-state index is 11.2. The van der Waals surface area contributed by atoms with Gasteiger partial charge in [-0.25, -0.2) is 10.8 Å². The number of hydrogen-bond acceptors (Lipinski definition) is 7. The quantitative estimate of drug-likeness (QED) is 0.358. The fourth-order valence-electron chi connectivity index (χ4n) is 1.21. The van der Waals surface area contributed by atoms with Gasteiger partial charge in [0.2, 0.25) is 0 Å². The molecule has 1 amide bonds. The summed E-state index contributed by atoms with van der Waals surface area (Å²) in [5.74, 6) is 5.38. The molecule has 0 unspecified atom stereocenters. The Labute approximate surface area is 112 Å². The average Bonchev–Trinajstić information content (AvgIpc) is 2.98. The zero-order valence-corrected chi connectivity index (χ0v) is 11.3. The molecule has 0 atom stereocenters. The lowest BCUT2D eigenvalue weighted by Crippen LogP contribution is -2.30. The van der Waals surface area contributed by atoms with Crippen LogP contribution in [0, 0.1) is 6.92 Å². The number of thiazole rings is 1. The predicted octanol–water partition coefficient (Wildman–Crippen LogP) is 0.439. The maximum atomic E-state index is 11.2. The number of carbonyl (C=O) groups is 1. The lowest BCUT2D eigenvalue weighted by atomic mass is 10.5. The van der Waals surface area contributed by atoms with Crippen LogP contribution in [0.3, 0.4) is 0 Å². The first-order chi connectivity index (χ1) is 8.69. The summed E-state index contributed by atoms with van der Waals surface area (Å²) >= 11 is 3.28. The highest BCUT2D eigenvalue weighted by Gasteiger charge is 2.08. The summed E-state index contributed by atoms with van der Waals surface area (Å²) in [7, 11) is 0. The number of carbonyl (C=O) groups excluding carboxylic acids is 1. The summed E-state index contributed by atoms with van der Waals surface area (Å²) in [5, 5.41) is 9.57. The van der Waals surface area contributed by atoms with E-state index in [-0.39, 0.29) is 5.69 Å². The first kappa shape index (κ1) is 13.0. The van der Waals surface area contributed by atoms with Gasteiger partial charge in [-0.05, 0) is 6.92 Å². The number of aromatic nitrogens is 4. The van der Waals surface area contributed by atoms with Crippen molar-refractivity contribution in [3.63, 3.8) is 0 Å². The fraction of sp³-hybridized carbons (Fsp3) is 0.333. The highest BCUT2D eigenvalue weighted by Crippen LogP contribution is 2.22. The van der Waals surface area contributed by atoms with Crippen molar-refractivity contribution in [3.05, 3.63) is 23.0 Å². The van der Waals surface area contributed by atoms with Crippen molar-refractivity contribution in [1.82, 2.24) is 25.4 Å². The maximum Gasteiger partial charge on any atom is 0.287 e. The van der Waals surface area contributed by atoms with E-state index in [1.807, 2.05) is 17.7 Å². The molecule has 18 heavy (non-hydrogen) atoms. The number of thioether (sulfide) groups is 1. The summed E-state index contributed by atoms with van der Waals surface area (Å²) in [6, 6.07) is 0. The van der Waals surface area contributed by atoms with Gasteiger partial charge in [0.05, 0.1) is 12.7 Å². The van der Waals surface area contributed by atoms with E-state index < -0.39 is 5.91 Å². The van der Waals surface area contributed by atoms with Gasteiger partial charge >= 0.3 is 0 Å². The van der Waals surface area contributed by atoms with Crippen molar-refractivity contribution < 1.29 is 4.79 Å². The van der Waals surface area contributed by atoms with Gasteiger partial charge in [0.25, 0.3) is 5.91 Å². The van der Waals surface area contributed by atoms with Gasteiger partial charge in [0, 0.05) is 16.8 Å². The molecule has 2 aromatic heterocycles. The third kappa shape index (κ3) is 3.28. The van der Waals surface area contributed by atoms with Crippen molar-refractivity contribution in [2.24, 2.45) is 5.84 Å². The fourth-order valence-corrected chi connectivity index (χ4v) is 3.06. The number of nitrogens with zero attached hydrogens (tertiary/aromatic N) is 4. The van der Waals surface area contributed by atoms with Crippen LogP contribution in [-0.4, -0.2) is 31.6 Å². The molecule has 2 heterocycles. The minimum Gasteiger partial charge on any atom is -0.289 e. The molecule has 0 bridgehead atoms. The summed E-state index contributed by atoms with van der Waals surface area (Å²) in [5.41, 5.74) is 3.26. The summed E-state index contributed by atoms with van der Waals surface area (Å²) < 4.78 is 2.64. The van der Waals surface area contributed by atoms with Gasteiger partial charge in [-0.2, -0.15) is 0 Å². The van der Waals surface area contributed by atoms with Crippen LogP contribution in [0.15, 0.2) is 15.9 Å². The number of nitrogen functional groups attached to an aromatic ring is 1. The lowest BCUT2D eigenvalue weighted by Gasteiger charge is -1.97. The predicted molar refractivity (Wildman–Crippen MR) is 69.3 cm³/mol. The first-order valence-electron chi connectivity index (χ1n) is 5.15. The Bertz CT molecular complexity index is 537. The van der Waals surface area contributed by atoms with Crippen LogP contribution in [-0.2, 0) is 6.54 Å². The molecule has 2 aromatic rings.